The number of hydrogen-bond acceptors (Lipinski definition) is 6. The van der Waals surface area contributed by atoms with Gasteiger partial charge in [0.15, 0.2) is 0 Å². The van der Waals surface area contributed by atoms with Crippen molar-refractivity contribution in [2.75, 3.05) is 33.9 Å². The van der Waals surface area contributed by atoms with Gasteiger partial charge in [0.2, 0.25) is 0 Å². The number of allylic oxidation sites excluding steroid dienone is 2. The number of nitrogens with zero attached hydrogens (tertiary/aromatic N) is 3. The van der Waals surface area contributed by atoms with Crippen LogP contribution in [0.25, 0.3) is 0 Å². The van der Waals surface area contributed by atoms with Crippen LogP contribution in [0.4, 0.5) is 0 Å². The highest BCUT2D eigenvalue weighted by atomic mass is 16.6. The van der Waals surface area contributed by atoms with E-state index in [9.17, 15) is 4.79 Å². The van der Waals surface area contributed by atoms with Crippen LogP contribution in [-0.2, 0) is 14.5 Å². The first-order valence-corrected chi connectivity index (χ1v) is 21.3. The zero-order chi connectivity index (χ0) is 36.4. The lowest BCUT2D eigenvalue weighted by atomic mass is 9.89. The fraction of sp³-hybridized carbons (Fsp3) is 0.841. The molecule has 0 aromatic carbocycles. The highest BCUT2D eigenvalue weighted by Gasteiger charge is 2.14. The summed E-state index contributed by atoms with van der Waals surface area (Å²) in [5.74, 6) is 1.05. The molecular weight excluding hydrogens is 619 g/mol. The predicted octanol–water partition coefficient (Wildman–Crippen LogP) is 13.2. The van der Waals surface area contributed by atoms with Gasteiger partial charge in [-0.25, -0.2) is 0 Å². The smallest absolute Gasteiger partial charge is 0.135 e. The second-order valence-corrected chi connectivity index (χ2v) is 14.7. The van der Waals surface area contributed by atoms with Gasteiger partial charge in [-0.1, -0.05) is 152 Å². The average molecular weight is 702 g/mol. The Kier molecular flexibility index (Phi) is 39.9. The lowest BCUT2D eigenvalue weighted by Gasteiger charge is -2.17. The maximum Gasteiger partial charge on any atom is 0.135 e. The second kappa shape index (κ2) is 41.5. The van der Waals surface area contributed by atoms with Crippen molar-refractivity contribution in [2.24, 2.45) is 16.2 Å². The van der Waals surface area contributed by atoms with E-state index in [1.165, 1.54) is 141 Å². The summed E-state index contributed by atoms with van der Waals surface area (Å²) in [4.78, 5) is 25.6. The van der Waals surface area contributed by atoms with Crippen LogP contribution < -0.4 is 0 Å². The van der Waals surface area contributed by atoms with Crippen molar-refractivity contribution in [1.29, 1.82) is 0 Å². The Labute approximate surface area is 311 Å². The van der Waals surface area contributed by atoms with Crippen LogP contribution in [0, 0.1) is 5.92 Å². The summed E-state index contributed by atoms with van der Waals surface area (Å²) < 4.78 is 0. The third kappa shape index (κ3) is 40.5. The molecule has 0 N–H and O–H groups in total. The standard InChI is InChI=1S/C44H83N3O3/c1-5-7-9-11-19-25-31-40-49-45-37-29-23-17-13-15-21-27-34-43(42-44(48)36-33-39-47(3)4)35-28-22-16-14-18-24-30-38-46-50-41-32-26-20-12-10-8-6-2/h25-26,31-32,37-38,43H,5-24,27-30,33-36,39-42H2,1-4H3/b31-25-,32-26-,45-37?,46-38?. The second-order valence-electron chi connectivity index (χ2n) is 14.7. The molecule has 292 valence electrons. The van der Waals surface area contributed by atoms with Crippen molar-refractivity contribution < 1.29 is 14.5 Å². The molecule has 0 aromatic rings. The average Bonchev–Trinajstić information content (AvgIpc) is 3.10. The van der Waals surface area contributed by atoms with Gasteiger partial charge in [-0.2, -0.15) is 0 Å². The molecular formula is C44H83N3O3. The molecule has 0 spiro atoms. The van der Waals surface area contributed by atoms with Gasteiger partial charge in [-0.05, 0) is 96.5 Å². The highest BCUT2D eigenvalue weighted by molar-refractivity contribution is 5.78. The molecule has 0 rings (SSSR count). The molecule has 50 heavy (non-hydrogen) atoms. The van der Waals surface area contributed by atoms with Crippen LogP contribution in [0.2, 0.25) is 0 Å². The molecule has 0 fully saturated rings. The van der Waals surface area contributed by atoms with Crippen LogP contribution >= 0.6 is 0 Å². The zero-order valence-corrected chi connectivity index (χ0v) is 33.7. The van der Waals surface area contributed by atoms with E-state index in [0.29, 0.717) is 24.9 Å². The summed E-state index contributed by atoms with van der Waals surface area (Å²) in [6.45, 7) is 6.66. The molecule has 0 amide bonds. The Bertz CT molecular complexity index is 756. The monoisotopic (exact) mass is 702 g/mol. The number of rotatable bonds is 40. The van der Waals surface area contributed by atoms with Crippen molar-refractivity contribution in [3.05, 3.63) is 24.3 Å². The molecule has 0 aliphatic carbocycles. The summed E-state index contributed by atoms with van der Waals surface area (Å²) in [6.07, 6.45) is 47.3. The Morgan fingerprint density at radius 3 is 1.42 bits per heavy atom. The van der Waals surface area contributed by atoms with Crippen molar-refractivity contribution in [3.63, 3.8) is 0 Å². The third-order valence-electron chi connectivity index (χ3n) is 9.39. The summed E-state index contributed by atoms with van der Waals surface area (Å²) in [5, 5.41) is 8.19. The van der Waals surface area contributed by atoms with Crippen LogP contribution in [0.15, 0.2) is 34.6 Å². The van der Waals surface area contributed by atoms with Crippen LogP contribution in [-0.4, -0.2) is 57.0 Å². The number of Topliss-reactive ketones (excluding diaryl/α,β-unsaturated/α-hetero) is 1. The number of unbranched alkanes of at least 4 members (excludes halogenated alkanes) is 20. The van der Waals surface area contributed by atoms with Crippen LogP contribution in [0.5, 0.6) is 0 Å². The molecule has 6 heteroatoms. The molecule has 6 nitrogen and oxygen atoms in total. The van der Waals surface area contributed by atoms with E-state index in [2.05, 4.69) is 67.5 Å². The molecule has 0 bridgehead atoms. The Morgan fingerprint density at radius 2 is 0.960 bits per heavy atom. The first kappa shape index (κ1) is 48.0. The topological polar surface area (TPSA) is 63.5 Å². The van der Waals surface area contributed by atoms with Crippen molar-refractivity contribution >= 4 is 18.2 Å². The fourth-order valence-electron chi connectivity index (χ4n) is 6.25. The number of carbonyl (C=O) groups is 1. The number of ketones is 1. The molecule has 0 aromatic heterocycles. The zero-order valence-electron chi connectivity index (χ0n) is 33.7. The van der Waals surface area contributed by atoms with Gasteiger partial charge in [-0.15, -0.1) is 0 Å². The maximum absolute atomic E-state index is 12.8. The van der Waals surface area contributed by atoms with Crippen molar-refractivity contribution in [1.82, 2.24) is 4.90 Å². The van der Waals surface area contributed by atoms with E-state index >= 15 is 0 Å². The van der Waals surface area contributed by atoms with E-state index in [0.717, 1.165) is 51.5 Å². The summed E-state index contributed by atoms with van der Waals surface area (Å²) in [6, 6.07) is 0. The molecule has 0 saturated heterocycles. The molecule has 0 aliphatic heterocycles. The quantitative estimate of drug-likeness (QED) is 0.0276. The largest absolute Gasteiger partial charge is 0.392 e. The molecule has 0 atom stereocenters. The minimum atomic E-state index is 0.477. The number of carbonyl (C=O) groups excluding carboxylic acids is 1. The first-order chi connectivity index (χ1) is 24.6. The molecule has 0 aliphatic rings. The van der Waals surface area contributed by atoms with Crippen LogP contribution in [0.1, 0.15) is 200 Å². The SMILES string of the molecule is CCCCCC/C=C\CON=CCCCCCCCCC(CCCCCCCCC=NOC/C=C\CCCCCC)CC(=O)CCCN(C)C. The van der Waals surface area contributed by atoms with E-state index in [4.69, 9.17) is 9.68 Å². The minimum Gasteiger partial charge on any atom is -0.392 e. The molecule has 0 unspecified atom stereocenters. The Hall–Kier alpha value is -1.95. The third-order valence-corrected chi connectivity index (χ3v) is 9.39. The van der Waals surface area contributed by atoms with Gasteiger partial charge in [0.1, 0.15) is 19.0 Å². The van der Waals surface area contributed by atoms with Crippen molar-refractivity contribution in [3.8, 4) is 0 Å². The van der Waals surface area contributed by atoms with Gasteiger partial charge in [0.05, 0.1) is 0 Å². The fourth-order valence-corrected chi connectivity index (χ4v) is 6.25. The van der Waals surface area contributed by atoms with E-state index in [1.54, 1.807) is 0 Å². The van der Waals surface area contributed by atoms with Gasteiger partial charge in [0.25, 0.3) is 0 Å². The number of oxime groups is 2. The van der Waals surface area contributed by atoms with Gasteiger partial charge in [0, 0.05) is 25.3 Å². The van der Waals surface area contributed by atoms with Gasteiger partial charge in [-0.3, -0.25) is 4.79 Å². The van der Waals surface area contributed by atoms with Crippen LogP contribution in [0.3, 0.4) is 0 Å². The Morgan fingerprint density at radius 1 is 0.540 bits per heavy atom. The summed E-state index contributed by atoms with van der Waals surface area (Å²) in [7, 11) is 4.18. The van der Waals surface area contributed by atoms with Gasteiger partial charge >= 0.3 is 0 Å². The Balaban J connectivity index is 3.97. The minimum absolute atomic E-state index is 0.477. The first-order valence-electron chi connectivity index (χ1n) is 21.3. The maximum atomic E-state index is 12.8. The lowest BCUT2D eigenvalue weighted by molar-refractivity contribution is -0.120. The lowest BCUT2D eigenvalue weighted by Crippen LogP contribution is -2.15. The van der Waals surface area contributed by atoms with E-state index in [-0.39, 0.29) is 0 Å². The van der Waals surface area contributed by atoms with E-state index < -0.39 is 0 Å². The molecule has 0 saturated carbocycles. The van der Waals surface area contributed by atoms with Crippen molar-refractivity contribution in [2.45, 2.75) is 200 Å². The number of hydrogen-bond donors (Lipinski definition) is 0. The normalized spacial score (nSPS) is 12.8. The van der Waals surface area contributed by atoms with Gasteiger partial charge < -0.3 is 14.6 Å². The molecule has 0 heterocycles. The summed E-state index contributed by atoms with van der Waals surface area (Å²) in [5.41, 5.74) is 0. The predicted molar refractivity (Wildman–Crippen MR) is 219 cm³/mol. The summed E-state index contributed by atoms with van der Waals surface area (Å²) >= 11 is 0. The highest BCUT2D eigenvalue weighted by Crippen LogP contribution is 2.23. The molecule has 0 radical (unpaired) electrons. The van der Waals surface area contributed by atoms with E-state index in [1.807, 2.05) is 12.4 Å².